The lowest BCUT2D eigenvalue weighted by atomic mass is 9.72. The van der Waals surface area contributed by atoms with E-state index in [0.717, 1.165) is 16.7 Å². The first-order valence-corrected chi connectivity index (χ1v) is 21.7. The standard InChI is InChI=1S/C21H25BrF3N3O2.C21H23BrF3N3O2/c2*1-3-12(10-29)26-20(30)11-7-14-13-5-4-6-16-18(13)15(8-17(14)27(2)9-11)19(22)28(16)21(23,24)25/h4-6,11-12,14,17,29H,3,7-10H2,1-2H3,(H,26,30);4-7,11-12,17,29H,3,8-10H2,1-2H3,(H,26,30)/t11-,12+,14?,17-;11-,12+,17-/m11/s1. The smallest absolute Gasteiger partial charge is 0.394 e. The number of hydrogen-bond acceptors (Lipinski definition) is 6. The van der Waals surface area contributed by atoms with Gasteiger partial charge in [0.1, 0.15) is 0 Å². The zero-order valence-corrected chi connectivity index (χ0v) is 36.6. The fraction of sp³-hybridized carbons (Fsp3) is 0.524. The van der Waals surface area contributed by atoms with Gasteiger partial charge in [-0.2, -0.15) is 0 Å². The summed E-state index contributed by atoms with van der Waals surface area (Å²) < 4.78 is 83.3. The Bertz CT molecular complexity index is 2320. The molecule has 2 amide bonds. The van der Waals surface area contributed by atoms with Crippen LogP contribution in [0.5, 0.6) is 0 Å². The monoisotopic (exact) mass is 972 g/mol. The molecule has 0 bridgehead atoms. The minimum absolute atomic E-state index is 0.0270. The number of alkyl halides is 6. The minimum atomic E-state index is -4.54. The Labute approximate surface area is 360 Å². The highest BCUT2D eigenvalue weighted by atomic mass is 79.9. The highest BCUT2D eigenvalue weighted by molar-refractivity contribution is 9.10. The topological polar surface area (TPSA) is 115 Å². The number of halogens is 8. The van der Waals surface area contributed by atoms with E-state index >= 15 is 0 Å². The van der Waals surface area contributed by atoms with Crippen LogP contribution in [-0.4, -0.2) is 106 Å². The van der Waals surface area contributed by atoms with E-state index in [1.54, 1.807) is 12.1 Å². The van der Waals surface area contributed by atoms with Crippen LogP contribution in [0.4, 0.5) is 26.3 Å². The van der Waals surface area contributed by atoms with Crippen molar-refractivity contribution in [1.29, 1.82) is 0 Å². The molecule has 2 aromatic heterocycles. The second kappa shape index (κ2) is 17.0. The van der Waals surface area contributed by atoms with E-state index in [-0.39, 0.29) is 81.3 Å². The Morgan fingerprint density at radius 1 is 0.783 bits per heavy atom. The average molecular weight is 975 g/mol. The Kier molecular flexibility index (Phi) is 12.7. The number of aliphatic hydroxyl groups is 2. The van der Waals surface area contributed by atoms with Gasteiger partial charge in [-0.3, -0.25) is 14.5 Å². The summed E-state index contributed by atoms with van der Waals surface area (Å²) in [4.78, 5) is 29.7. The average Bonchev–Trinajstić information content (AvgIpc) is 3.67. The van der Waals surface area contributed by atoms with Crippen LogP contribution in [0.3, 0.4) is 0 Å². The number of likely N-dealkylation sites (tertiary alicyclic amines) is 1. The molecule has 4 heterocycles. The van der Waals surface area contributed by atoms with Gasteiger partial charge in [0, 0.05) is 41.9 Å². The summed E-state index contributed by atoms with van der Waals surface area (Å²) in [7, 11) is 3.82. The van der Waals surface area contributed by atoms with Gasteiger partial charge in [0.25, 0.3) is 0 Å². The first-order valence-electron chi connectivity index (χ1n) is 20.1. The van der Waals surface area contributed by atoms with Gasteiger partial charge >= 0.3 is 12.6 Å². The normalized spacial score (nSPS) is 23.9. The Morgan fingerprint density at radius 3 is 1.90 bits per heavy atom. The van der Waals surface area contributed by atoms with E-state index in [9.17, 15) is 46.1 Å². The molecule has 2 aliphatic carbocycles. The van der Waals surface area contributed by atoms with Crippen LogP contribution in [-0.2, 0) is 35.0 Å². The fourth-order valence-electron chi connectivity index (χ4n) is 9.70. The van der Waals surface area contributed by atoms with Crippen molar-refractivity contribution < 1.29 is 46.1 Å². The molecule has 7 atom stereocenters. The lowest BCUT2D eigenvalue weighted by molar-refractivity contribution is -0.203. The van der Waals surface area contributed by atoms with Gasteiger partial charge in [0.15, 0.2) is 0 Å². The number of fused-ring (bicyclic) bond motifs is 4. The van der Waals surface area contributed by atoms with Crippen molar-refractivity contribution in [3.63, 3.8) is 0 Å². The summed E-state index contributed by atoms with van der Waals surface area (Å²) in [6, 6.07) is 9.34. The van der Waals surface area contributed by atoms with E-state index < -0.39 is 18.5 Å². The molecule has 10 nitrogen and oxygen atoms in total. The van der Waals surface area contributed by atoms with Crippen molar-refractivity contribution in [2.45, 2.75) is 88.6 Å². The van der Waals surface area contributed by atoms with Crippen LogP contribution in [0.25, 0.3) is 27.4 Å². The highest BCUT2D eigenvalue weighted by Crippen LogP contribution is 2.50. The lowest BCUT2D eigenvalue weighted by Crippen LogP contribution is -2.52. The molecule has 0 saturated carbocycles. The molecule has 18 heteroatoms. The minimum Gasteiger partial charge on any atom is -0.394 e. The van der Waals surface area contributed by atoms with Gasteiger partial charge in [0.2, 0.25) is 11.8 Å². The van der Waals surface area contributed by atoms with E-state index in [1.807, 2.05) is 51.1 Å². The zero-order chi connectivity index (χ0) is 43.6. The van der Waals surface area contributed by atoms with Gasteiger partial charge < -0.3 is 25.7 Å². The molecule has 2 aromatic carbocycles. The SMILES string of the molecule is CC[C@@H](CO)NC(=O)[C@@H]1C=C2c3cccc4c3c(c(Br)n4C(F)(F)F)C[C@H]2N(C)C1.CC[C@@H](CO)NC(=O)[C@@H]1CC2c3cccc4c3c(c(Br)n4C(F)(F)F)C[C@H]2N(C)C1. The van der Waals surface area contributed by atoms with Crippen LogP contribution < -0.4 is 10.6 Å². The molecular formula is C42H48Br2F6N6O4. The van der Waals surface area contributed by atoms with Gasteiger partial charge in [-0.25, -0.2) is 9.13 Å². The van der Waals surface area contributed by atoms with Crippen molar-refractivity contribution in [2.24, 2.45) is 11.8 Å². The third-order valence-electron chi connectivity index (χ3n) is 12.8. The number of benzene rings is 2. The molecule has 60 heavy (non-hydrogen) atoms. The molecule has 326 valence electrons. The van der Waals surface area contributed by atoms with Crippen LogP contribution in [0, 0.1) is 11.8 Å². The number of rotatable bonds is 8. The number of aromatic nitrogens is 2. The zero-order valence-electron chi connectivity index (χ0n) is 33.5. The number of piperidine rings is 1. The molecular weight excluding hydrogens is 926 g/mol. The van der Waals surface area contributed by atoms with Gasteiger partial charge in [-0.15, -0.1) is 26.3 Å². The van der Waals surface area contributed by atoms with Crippen LogP contribution in [0.2, 0.25) is 0 Å². The maximum absolute atomic E-state index is 13.7. The number of nitrogens with zero attached hydrogens (tertiary/aromatic N) is 4. The molecule has 2 aliphatic heterocycles. The molecule has 8 rings (SSSR count). The summed E-state index contributed by atoms with van der Waals surface area (Å²) in [6.07, 6.45) is -4.40. The third-order valence-corrected chi connectivity index (χ3v) is 14.4. The first-order chi connectivity index (χ1) is 28.3. The number of aliphatic hydroxyl groups excluding tert-OH is 2. The van der Waals surface area contributed by atoms with E-state index in [2.05, 4.69) is 47.4 Å². The predicted octanol–water partition coefficient (Wildman–Crippen LogP) is 7.36. The molecule has 0 spiro atoms. The van der Waals surface area contributed by atoms with Crippen molar-refractivity contribution in [2.75, 3.05) is 40.4 Å². The molecule has 1 fully saturated rings. The Morgan fingerprint density at radius 2 is 1.33 bits per heavy atom. The van der Waals surface area contributed by atoms with Crippen molar-refractivity contribution in [3.05, 3.63) is 73.9 Å². The van der Waals surface area contributed by atoms with Gasteiger partial charge in [-0.1, -0.05) is 44.2 Å². The lowest BCUT2D eigenvalue weighted by Gasteiger charge is -2.45. The quantitative estimate of drug-likeness (QED) is 0.137. The third kappa shape index (κ3) is 7.93. The second-order valence-electron chi connectivity index (χ2n) is 16.3. The van der Waals surface area contributed by atoms with E-state index in [1.165, 1.54) is 12.1 Å². The summed E-state index contributed by atoms with van der Waals surface area (Å²) >= 11 is 6.40. The number of likely N-dealkylation sites (N-methyl/N-ethyl adjacent to an activating group) is 2. The summed E-state index contributed by atoms with van der Waals surface area (Å²) in [6.45, 7) is 4.54. The summed E-state index contributed by atoms with van der Waals surface area (Å²) in [5.74, 6) is -1.02. The fourth-order valence-corrected chi connectivity index (χ4v) is 11.2. The maximum Gasteiger partial charge on any atom is 0.489 e. The molecule has 4 aromatic rings. The number of carbonyl (C=O) groups excluding carboxylic acids is 2. The van der Waals surface area contributed by atoms with Crippen molar-refractivity contribution in [3.8, 4) is 0 Å². The molecule has 1 unspecified atom stereocenters. The summed E-state index contributed by atoms with van der Waals surface area (Å²) in [5, 5.41) is 25.8. The van der Waals surface area contributed by atoms with Crippen LogP contribution in [0.1, 0.15) is 61.3 Å². The summed E-state index contributed by atoms with van der Waals surface area (Å²) in [5.41, 5.74) is 4.08. The molecule has 0 radical (unpaired) electrons. The maximum atomic E-state index is 13.7. The number of nitrogens with one attached hydrogen (secondary N) is 2. The van der Waals surface area contributed by atoms with E-state index in [4.69, 9.17) is 0 Å². The van der Waals surface area contributed by atoms with Crippen molar-refractivity contribution in [1.82, 2.24) is 29.6 Å². The number of hydrogen-bond donors (Lipinski definition) is 4. The molecule has 4 aliphatic rings. The van der Waals surface area contributed by atoms with Gasteiger partial charge in [0.05, 0.1) is 57.4 Å². The first kappa shape index (κ1) is 44.6. The highest BCUT2D eigenvalue weighted by Gasteiger charge is 2.46. The Balaban J connectivity index is 0.000000181. The second-order valence-corrected chi connectivity index (χ2v) is 17.8. The largest absolute Gasteiger partial charge is 0.489 e. The Hall–Kier alpha value is -3.42. The number of carbonyl (C=O) groups is 2. The van der Waals surface area contributed by atoms with Crippen molar-refractivity contribution >= 4 is 71.1 Å². The molecule has 1 saturated heterocycles. The van der Waals surface area contributed by atoms with Crippen LogP contribution in [0.15, 0.2) is 51.7 Å². The van der Waals surface area contributed by atoms with E-state index in [0.29, 0.717) is 76.2 Å². The van der Waals surface area contributed by atoms with Crippen LogP contribution >= 0.6 is 31.9 Å². The molecule has 4 N–H and O–H groups in total. The van der Waals surface area contributed by atoms with Gasteiger partial charge in [-0.05, 0) is 118 Å². The number of amides is 2. The predicted molar refractivity (Wildman–Crippen MR) is 223 cm³/mol.